The molecule has 1 aromatic carbocycles. The highest BCUT2D eigenvalue weighted by atomic mass is 32.2. The zero-order valence-corrected chi connectivity index (χ0v) is 15.3. The molecule has 5 N–H and O–H groups in total. The summed E-state index contributed by atoms with van der Waals surface area (Å²) in [6, 6.07) is 8.45. The van der Waals surface area contributed by atoms with Crippen molar-refractivity contribution in [2.24, 2.45) is 11.7 Å². The van der Waals surface area contributed by atoms with Crippen LogP contribution in [0.4, 0.5) is 0 Å². The Kier molecular flexibility index (Phi) is 9.76. The zero-order chi connectivity index (χ0) is 20.2. The van der Waals surface area contributed by atoms with Crippen LogP contribution in [-0.2, 0) is 19.2 Å². The summed E-state index contributed by atoms with van der Waals surface area (Å²) in [5.74, 6) is -4.56. The molecule has 0 saturated heterocycles. The third-order valence-corrected chi connectivity index (χ3v) is 4.30. The van der Waals surface area contributed by atoms with Crippen molar-refractivity contribution in [3.63, 3.8) is 0 Å². The summed E-state index contributed by atoms with van der Waals surface area (Å²) in [5, 5.41) is 13.2. The largest absolute Gasteiger partial charge is 0.481 e. The number of rotatable bonds is 11. The number of carbonyl (C=O) groups excluding carboxylic acids is 4. The quantitative estimate of drug-likeness (QED) is 0.362. The Balaban J connectivity index is 2.29. The van der Waals surface area contributed by atoms with Gasteiger partial charge in [-0.1, -0.05) is 42.1 Å². The van der Waals surface area contributed by atoms with Crippen LogP contribution in [0, 0.1) is 5.92 Å². The van der Waals surface area contributed by atoms with Gasteiger partial charge >= 0.3 is 5.97 Å². The number of ketones is 1. The molecule has 146 valence electrons. The molecule has 9 nitrogen and oxygen atoms in total. The fraction of sp³-hybridized carbons (Fsp3) is 0.353. The molecule has 1 rings (SSSR count). The second-order valence-electron chi connectivity index (χ2n) is 5.43. The molecule has 1 unspecified atom stereocenters. The summed E-state index contributed by atoms with van der Waals surface area (Å²) in [6.45, 7) is -0.820. The Bertz CT molecular complexity index is 695. The van der Waals surface area contributed by atoms with E-state index < -0.39 is 36.0 Å². The van der Waals surface area contributed by atoms with Crippen LogP contribution in [0.1, 0.15) is 16.8 Å². The van der Waals surface area contributed by atoms with Gasteiger partial charge in [-0.25, -0.2) is 0 Å². The SMILES string of the molecule is NCCC(C(=O)O)C(=O)CNC(=O)CNC(=O)CSC(=O)c1ccccc1. The van der Waals surface area contributed by atoms with Crippen molar-refractivity contribution in [3.05, 3.63) is 35.9 Å². The Labute approximate surface area is 160 Å². The maximum absolute atomic E-state index is 11.8. The van der Waals surface area contributed by atoms with Gasteiger partial charge in [-0.3, -0.25) is 24.0 Å². The summed E-state index contributed by atoms with van der Waals surface area (Å²) in [5.41, 5.74) is 5.72. The highest BCUT2D eigenvalue weighted by molar-refractivity contribution is 8.14. The van der Waals surface area contributed by atoms with E-state index in [1.165, 1.54) is 0 Å². The molecule has 0 fully saturated rings. The van der Waals surface area contributed by atoms with E-state index in [4.69, 9.17) is 10.8 Å². The molecule has 0 aliphatic rings. The first-order valence-corrected chi connectivity index (χ1v) is 9.04. The average molecular weight is 395 g/mol. The monoisotopic (exact) mass is 395 g/mol. The highest BCUT2D eigenvalue weighted by Gasteiger charge is 2.25. The zero-order valence-electron chi connectivity index (χ0n) is 14.5. The summed E-state index contributed by atoms with van der Waals surface area (Å²) in [4.78, 5) is 57.9. The van der Waals surface area contributed by atoms with Crippen molar-refractivity contribution in [1.29, 1.82) is 0 Å². The molecule has 0 spiro atoms. The van der Waals surface area contributed by atoms with Crippen molar-refractivity contribution >= 4 is 40.4 Å². The molecule has 2 amide bonds. The number of amides is 2. The molecule has 1 aromatic rings. The van der Waals surface area contributed by atoms with E-state index in [0.29, 0.717) is 5.56 Å². The number of nitrogens with one attached hydrogen (secondary N) is 2. The van der Waals surface area contributed by atoms with Gasteiger partial charge in [0.15, 0.2) is 5.78 Å². The Morgan fingerprint density at radius 2 is 1.63 bits per heavy atom. The normalized spacial score (nSPS) is 11.3. The fourth-order valence-electron chi connectivity index (χ4n) is 1.98. The first-order chi connectivity index (χ1) is 12.8. The average Bonchev–Trinajstić information content (AvgIpc) is 2.67. The third-order valence-electron chi connectivity index (χ3n) is 3.39. The predicted octanol–water partition coefficient (Wildman–Crippen LogP) is -0.589. The number of thioether (sulfide) groups is 1. The van der Waals surface area contributed by atoms with Gasteiger partial charge in [0.2, 0.25) is 16.9 Å². The molecule has 0 saturated carbocycles. The molecule has 0 aliphatic carbocycles. The second-order valence-corrected chi connectivity index (χ2v) is 6.38. The van der Waals surface area contributed by atoms with Crippen LogP contribution in [0.15, 0.2) is 30.3 Å². The summed E-state index contributed by atoms with van der Waals surface area (Å²) in [7, 11) is 0. The lowest BCUT2D eigenvalue weighted by Crippen LogP contribution is -2.42. The van der Waals surface area contributed by atoms with E-state index in [2.05, 4.69) is 10.6 Å². The van der Waals surface area contributed by atoms with Gasteiger partial charge in [0.1, 0.15) is 5.92 Å². The second kappa shape index (κ2) is 11.8. The molecule has 0 aromatic heterocycles. The number of nitrogens with two attached hydrogens (primary N) is 1. The number of hydrogen-bond donors (Lipinski definition) is 4. The first-order valence-electron chi connectivity index (χ1n) is 8.06. The number of carboxylic acids is 1. The predicted molar refractivity (Wildman–Crippen MR) is 99.1 cm³/mol. The van der Waals surface area contributed by atoms with E-state index in [9.17, 15) is 24.0 Å². The van der Waals surface area contributed by atoms with Crippen LogP contribution in [0.3, 0.4) is 0 Å². The van der Waals surface area contributed by atoms with Crippen LogP contribution < -0.4 is 16.4 Å². The Morgan fingerprint density at radius 3 is 2.22 bits per heavy atom. The fourth-order valence-corrected chi connectivity index (χ4v) is 2.65. The van der Waals surface area contributed by atoms with Gasteiger partial charge < -0.3 is 21.5 Å². The van der Waals surface area contributed by atoms with Crippen LogP contribution in [0.25, 0.3) is 0 Å². The lowest BCUT2D eigenvalue weighted by molar-refractivity contribution is -0.146. The van der Waals surface area contributed by atoms with Crippen molar-refractivity contribution in [2.75, 3.05) is 25.4 Å². The lowest BCUT2D eigenvalue weighted by Gasteiger charge is -2.11. The molecule has 0 heterocycles. The van der Waals surface area contributed by atoms with Gasteiger partial charge in [-0.05, 0) is 13.0 Å². The summed E-state index contributed by atoms with van der Waals surface area (Å²) < 4.78 is 0. The van der Waals surface area contributed by atoms with Gasteiger partial charge in [0, 0.05) is 5.56 Å². The Hall–Kier alpha value is -2.72. The van der Waals surface area contributed by atoms with Gasteiger partial charge in [-0.2, -0.15) is 0 Å². The minimum atomic E-state index is -1.30. The van der Waals surface area contributed by atoms with E-state index >= 15 is 0 Å². The first kappa shape index (κ1) is 22.3. The number of carbonyl (C=O) groups is 5. The van der Waals surface area contributed by atoms with Gasteiger partial charge in [-0.15, -0.1) is 0 Å². The van der Waals surface area contributed by atoms with Crippen molar-refractivity contribution in [2.45, 2.75) is 6.42 Å². The van der Waals surface area contributed by atoms with Crippen LogP contribution >= 0.6 is 11.8 Å². The van der Waals surface area contributed by atoms with Crippen molar-refractivity contribution < 1.29 is 29.1 Å². The minimum absolute atomic E-state index is 0.0204. The molecule has 10 heteroatoms. The third kappa shape index (κ3) is 8.47. The number of aliphatic carboxylic acids is 1. The van der Waals surface area contributed by atoms with E-state index in [1.54, 1.807) is 30.3 Å². The lowest BCUT2D eigenvalue weighted by atomic mass is 10.0. The van der Waals surface area contributed by atoms with E-state index in [-0.39, 0.29) is 30.4 Å². The standard InChI is InChI=1S/C17H21N3O6S/c18-7-6-12(16(24)25)13(21)8-19-14(22)9-20-15(23)10-27-17(26)11-4-2-1-3-5-11/h1-5,12H,6-10,18H2,(H,19,22)(H,20,23)(H,24,25). The smallest absolute Gasteiger partial charge is 0.314 e. The van der Waals surface area contributed by atoms with Gasteiger partial charge in [0.25, 0.3) is 0 Å². The summed E-state index contributed by atoms with van der Waals surface area (Å²) >= 11 is 0.806. The van der Waals surface area contributed by atoms with Gasteiger partial charge in [0.05, 0.1) is 18.8 Å². The maximum atomic E-state index is 11.8. The molecule has 27 heavy (non-hydrogen) atoms. The van der Waals surface area contributed by atoms with E-state index in [1.807, 2.05) is 0 Å². The number of Topliss-reactive ketones (excluding diaryl/α,β-unsaturated/α-hetero) is 1. The maximum Gasteiger partial charge on any atom is 0.314 e. The number of hydrogen-bond acceptors (Lipinski definition) is 7. The van der Waals surface area contributed by atoms with Crippen LogP contribution in [-0.4, -0.2) is 59.2 Å². The highest BCUT2D eigenvalue weighted by Crippen LogP contribution is 2.11. The number of carboxylic acid groups (broad SMARTS) is 1. The molecule has 0 bridgehead atoms. The number of benzene rings is 1. The topological polar surface area (TPSA) is 156 Å². The molecule has 1 atom stereocenters. The summed E-state index contributed by atoms with van der Waals surface area (Å²) in [6.07, 6.45) is -0.0204. The molecule has 0 aliphatic heterocycles. The van der Waals surface area contributed by atoms with Crippen molar-refractivity contribution in [3.8, 4) is 0 Å². The Morgan fingerprint density at radius 1 is 1.00 bits per heavy atom. The van der Waals surface area contributed by atoms with Crippen molar-refractivity contribution in [1.82, 2.24) is 10.6 Å². The molecular formula is C17H21N3O6S. The van der Waals surface area contributed by atoms with Crippen LogP contribution in [0.2, 0.25) is 0 Å². The molecule has 0 radical (unpaired) electrons. The van der Waals surface area contributed by atoms with Crippen LogP contribution in [0.5, 0.6) is 0 Å². The molecular weight excluding hydrogens is 374 g/mol. The minimum Gasteiger partial charge on any atom is -0.481 e. The van der Waals surface area contributed by atoms with E-state index in [0.717, 1.165) is 11.8 Å².